The molecular formula is C17H18ClNO3. The van der Waals surface area contributed by atoms with Gasteiger partial charge in [-0.3, -0.25) is 4.79 Å². The third kappa shape index (κ3) is 3.92. The zero-order valence-electron chi connectivity index (χ0n) is 12.7. The van der Waals surface area contributed by atoms with Gasteiger partial charge in [-0.1, -0.05) is 23.7 Å². The van der Waals surface area contributed by atoms with E-state index in [1.54, 1.807) is 50.4 Å². The molecule has 0 aliphatic rings. The summed E-state index contributed by atoms with van der Waals surface area (Å²) in [4.78, 5) is 12.2. The second-order valence-electron chi connectivity index (χ2n) is 4.84. The summed E-state index contributed by atoms with van der Waals surface area (Å²) < 4.78 is 10.8. The van der Waals surface area contributed by atoms with Gasteiger partial charge in [0.1, 0.15) is 11.5 Å². The molecule has 0 spiro atoms. The van der Waals surface area contributed by atoms with Crippen molar-refractivity contribution >= 4 is 23.2 Å². The summed E-state index contributed by atoms with van der Waals surface area (Å²) in [5.74, 6) is 1.01. The highest BCUT2D eigenvalue weighted by atomic mass is 35.5. The SMILES string of the molecule is COc1cccc(OC(C)C(=O)Nc2cccc(Cl)c2C)c1. The topological polar surface area (TPSA) is 47.6 Å². The van der Waals surface area contributed by atoms with Crippen molar-refractivity contribution in [1.82, 2.24) is 0 Å². The number of ether oxygens (including phenoxy) is 2. The highest BCUT2D eigenvalue weighted by Crippen LogP contribution is 2.24. The van der Waals surface area contributed by atoms with E-state index in [1.807, 2.05) is 13.0 Å². The van der Waals surface area contributed by atoms with Crippen molar-refractivity contribution in [1.29, 1.82) is 0 Å². The highest BCUT2D eigenvalue weighted by Gasteiger charge is 2.16. The van der Waals surface area contributed by atoms with E-state index in [0.717, 1.165) is 5.56 Å². The Balaban J connectivity index is 2.04. The number of halogens is 1. The molecule has 0 aliphatic carbocycles. The van der Waals surface area contributed by atoms with Crippen LogP contribution in [0, 0.1) is 6.92 Å². The Hall–Kier alpha value is -2.20. The minimum atomic E-state index is -0.648. The predicted octanol–water partition coefficient (Wildman–Crippen LogP) is 4.06. The molecule has 2 aromatic rings. The first-order valence-electron chi connectivity index (χ1n) is 6.88. The molecule has 4 nitrogen and oxygen atoms in total. The summed E-state index contributed by atoms with van der Waals surface area (Å²) >= 11 is 6.04. The monoisotopic (exact) mass is 319 g/mol. The highest BCUT2D eigenvalue weighted by molar-refractivity contribution is 6.31. The summed E-state index contributed by atoms with van der Waals surface area (Å²) in [7, 11) is 1.58. The molecular weight excluding hydrogens is 302 g/mol. The molecule has 1 unspecified atom stereocenters. The van der Waals surface area contributed by atoms with E-state index in [1.165, 1.54) is 0 Å². The standard InChI is InChI=1S/C17H18ClNO3/c1-11-15(18)8-5-9-16(11)19-17(20)12(2)22-14-7-4-6-13(10-14)21-3/h4-10,12H,1-3H3,(H,19,20). The zero-order valence-corrected chi connectivity index (χ0v) is 13.5. The molecule has 2 rings (SSSR count). The fourth-order valence-corrected chi connectivity index (χ4v) is 2.08. The van der Waals surface area contributed by atoms with E-state index >= 15 is 0 Å². The maximum Gasteiger partial charge on any atom is 0.265 e. The van der Waals surface area contributed by atoms with Crippen molar-refractivity contribution < 1.29 is 14.3 Å². The molecule has 1 amide bonds. The van der Waals surface area contributed by atoms with E-state index in [0.29, 0.717) is 22.2 Å². The van der Waals surface area contributed by atoms with Crippen LogP contribution in [0.3, 0.4) is 0 Å². The van der Waals surface area contributed by atoms with Gasteiger partial charge in [0.05, 0.1) is 7.11 Å². The van der Waals surface area contributed by atoms with Gasteiger partial charge in [-0.2, -0.15) is 0 Å². The minimum Gasteiger partial charge on any atom is -0.497 e. The lowest BCUT2D eigenvalue weighted by atomic mass is 10.2. The molecule has 0 saturated heterocycles. The maximum absolute atomic E-state index is 12.2. The number of anilines is 1. The molecule has 0 fully saturated rings. The van der Waals surface area contributed by atoms with Gasteiger partial charge in [-0.15, -0.1) is 0 Å². The van der Waals surface area contributed by atoms with Gasteiger partial charge < -0.3 is 14.8 Å². The lowest BCUT2D eigenvalue weighted by molar-refractivity contribution is -0.122. The number of amides is 1. The molecule has 2 aromatic carbocycles. The van der Waals surface area contributed by atoms with Crippen molar-refractivity contribution in [2.45, 2.75) is 20.0 Å². The van der Waals surface area contributed by atoms with Crippen molar-refractivity contribution in [2.75, 3.05) is 12.4 Å². The molecule has 0 aromatic heterocycles. The molecule has 1 atom stereocenters. The Morgan fingerprint density at radius 2 is 1.86 bits per heavy atom. The van der Waals surface area contributed by atoms with Crippen LogP contribution in [0.5, 0.6) is 11.5 Å². The number of hydrogen-bond acceptors (Lipinski definition) is 3. The number of rotatable bonds is 5. The first-order chi connectivity index (χ1) is 10.5. The van der Waals surface area contributed by atoms with Crippen LogP contribution in [0.4, 0.5) is 5.69 Å². The fourth-order valence-electron chi connectivity index (χ4n) is 1.91. The van der Waals surface area contributed by atoms with E-state index in [2.05, 4.69) is 5.32 Å². The molecule has 5 heteroatoms. The summed E-state index contributed by atoms with van der Waals surface area (Å²) in [6.07, 6.45) is -0.648. The molecule has 0 radical (unpaired) electrons. The largest absolute Gasteiger partial charge is 0.497 e. The Labute approximate surface area is 135 Å². The van der Waals surface area contributed by atoms with Crippen LogP contribution in [0.25, 0.3) is 0 Å². The van der Waals surface area contributed by atoms with Crippen molar-refractivity contribution in [2.24, 2.45) is 0 Å². The van der Waals surface area contributed by atoms with Crippen LogP contribution in [-0.2, 0) is 4.79 Å². The summed E-state index contributed by atoms with van der Waals surface area (Å²) in [6.45, 7) is 3.54. The van der Waals surface area contributed by atoms with Gasteiger partial charge in [0.15, 0.2) is 6.10 Å². The number of carbonyl (C=O) groups excluding carboxylic acids is 1. The molecule has 1 N–H and O–H groups in total. The predicted molar refractivity (Wildman–Crippen MR) is 87.9 cm³/mol. The van der Waals surface area contributed by atoms with E-state index in [-0.39, 0.29) is 5.91 Å². The number of benzene rings is 2. The van der Waals surface area contributed by atoms with Gasteiger partial charge in [-0.05, 0) is 43.7 Å². The number of carbonyl (C=O) groups is 1. The lowest BCUT2D eigenvalue weighted by Gasteiger charge is -2.16. The first-order valence-corrected chi connectivity index (χ1v) is 7.25. The molecule has 116 valence electrons. The zero-order chi connectivity index (χ0) is 16.1. The van der Waals surface area contributed by atoms with Crippen LogP contribution in [0.1, 0.15) is 12.5 Å². The van der Waals surface area contributed by atoms with Gasteiger partial charge in [0, 0.05) is 16.8 Å². The second-order valence-corrected chi connectivity index (χ2v) is 5.25. The molecule has 0 aliphatic heterocycles. The second kappa shape index (κ2) is 7.18. The Morgan fingerprint density at radius 1 is 1.18 bits per heavy atom. The molecule has 0 bridgehead atoms. The number of hydrogen-bond donors (Lipinski definition) is 1. The van der Waals surface area contributed by atoms with Crippen LogP contribution in [-0.4, -0.2) is 19.1 Å². The first kappa shape index (κ1) is 16.2. The lowest BCUT2D eigenvalue weighted by Crippen LogP contribution is -2.30. The smallest absolute Gasteiger partial charge is 0.265 e. The molecule has 0 saturated carbocycles. The van der Waals surface area contributed by atoms with E-state index in [4.69, 9.17) is 21.1 Å². The van der Waals surface area contributed by atoms with Gasteiger partial charge >= 0.3 is 0 Å². The third-order valence-corrected chi connectivity index (χ3v) is 3.66. The van der Waals surface area contributed by atoms with Crippen molar-refractivity contribution in [3.8, 4) is 11.5 Å². The van der Waals surface area contributed by atoms with E-state index < -0.39 is 6.10 Å². The quantitative estimate of drug-likeness (QED) is 0.904. The maximum atomic E-state index is 12.2. The Bertz CT molecular complexity index is 673. The van der Waals surface area contributed by atoms with Gasteiger partial charge in [-0.25, -0.2) is 0 Å². The van der Waals surface area contributed by atoms with Crippen LogP contribution >= 0.6 is 11.6 Å². The van der Waals surface area contributed by atoms with Gasteiger partial charge in [0.2, 0.25) is 0 Å². The minimum absolute atomic E-state index is 0.242. The van der Waals surface area contributed by atoms with Crippen LogP contribution < -0.4 is 14.8 Å². The van der Waals surface area contributed by atoms with Crippen LogP contribution in [0.2, 0.25) is 5.02 Å². The summed E-state index contributed by atoms with van der Waals surface area (Å²) in [5, 5.41) is 3.43. The molecule has 0 heterocycles. The normalized spacial score (nSPS) is 11.6. The van der Waals surface area contributed by atoms with E-state index in [9.17, 15) is 4.79 Å². The van der Waals surface area contributed by atoms with Crippen LogP contribution in [0.15, 0.2) is 42.5 Å². The Kier molecular flexibility index (Phi) is 5.28. The fraction of sp³-hybridized carbons (Fsp3) is 0.235. The number of nitrogens with one attached hydrogen (secondary N) is 1. The third-order valence-electron chi connectivity index (χ3n) is 3.25. The Morgan fingerprint density at radius 3 is 2.59 bits per heavy atom. The average molecular weight is 320 g/mol. The summed E-state index contributed by atoms with van der Waals surface area (Å²) in [5.41, 5.74) is 1.50. The average Bonchev–Trinajstić information content (AvgIpc) is 2.52. The summed E-state index contributed by atoms with van der Waals surface area (Å²) in [6, 6.07) is 12.5. The van der Waals surface area contributed by atoms with Crippen molar-refractivity contribution in [3.05, 3.63) is 53.1 Å². The number of methoxy groups -OCH3 is 1. The molecule has 22 heavy (non-hydrogen) atoms. The van der Waals surface area contributed by atoms with Gasteiger partial charge in [0.25, 0.3) is 5.91 Å². The van der Waals surface area contributed by atoms with Crippen molar-refractivity contribution in [3.63, 3.8) is 0 Å².